The molecule has 1 fully saturated rings. The van der Waals surface area contributed by atoms with Crippen LogP contribution in [-0.4, -0.2) is 111 Å². The van der Waals surface area contributed by atoms with Gasteiger partial charge in [-0.3, -0.25) is 0 Å². The molecular formula is C66H77F6N7O13. The zero-order valence-electron chi connectivity index (χ0n) is 53.5. The first kappa shape index (κ1) is 69.6. The SMILES string of the molecule is CC(C)(C)OC(=O)N[C@@]1(C)COc2c1cc([C@@](C)(O)CO)nc2-c1ccc(F)cc1.CC(C)(C)OC(=O)N[C@@]1(C)COc2c1cc([C@@](O)(CN)C(F)(F)F)nc2-c1ccc(F)cc1.CC(C)(C)OC(=O)N[C@@]1(C)COc2c1cc([C@]1(C)CO1)nc2-c1ccc(F)cc1. The quantitative estimate of drug-likeness (QED) is 0.0361. The van der Waals surface area contributed by atoms with Crippen molar-refractivity contribution in [3.8, 4) is 51.0 Å². The van der Waals surface area contributed by atoms with E-state index >= 15 is 0 Å². The average molecular weight is 1290 g/mol. The third kappa shape index (κ3) is 15.4. The number of pyridine rings is 3. The number of hydrogen-bond donors (Lipinski definition) is 7. The van der Waals surface area contributed by atoms with Gasteiger partial charge in [0, 0.05) is 39.9 Å². The van der Waals surface area contributed by atoms with Crippen LogP contribution in [0.2, 0.25) is 0 Å². The number of fused-ring (bicyclic) bond motifs is 3. The van der Waals surface area contributed by atoms with Crippen molar-refractivity contribution in [1.29, 1.82) is 0 Å². The summed E-state index contributed by atoms with van der Waals surface area (Å²) in [5.74, 6) is -0.202. The van der Waals surface area contributed by atoms with E-state index in [0.29, 0.717) is 40.6 Å². The van der Waals surface area contributed by atoms with Gasteiger partial charge in [-0.05, 0) is 188 Å². The molecule has 7 heterocycles. The van der Waals surface area contributed by atoms with E-state index in [-0.39, 0.29) is 53.9 Å². The van der Waals surface area contributed by atoms with Crippen LogP contribution in [0.3, 0.4) is 0 Å². The lowest BCUT2D eigenvalue weighted by molar-refractivity contribution is -0.263. The van der Waals surface area contributed by atoms with E-state index in [0.717, 1.165) is 35.0 Å². The van der Waals surface area contributed by atoms with Crippen LogP contribution < -0.4 is 35.9 Å². The molecule has 0 spiro atoms. The lowest BCUT2D eigenvalue weighted by Crippen LogP contribution is -2.50. The van der Waals surface area contributed by atoms with Gasteiger partial charge in [0.1, 0.15) is 99.0 Å². The highest BCUT2D eigenvalue weighted by Gasteiger charge is 2.57. The first-order chi connectivity index (χ1) is 42.4. The summed E-state index contributed by atoms with van der Waals surface area (Å²) in [6.07, 6.45) is -7.09. The van der Waals surface area contributed by atoms with Gasteiger partial charge in [0.05, 0.1) is 30.3 Å². The Morgan fingerprint density at radius 1 is 0.522 bits per heavy atom. The molecule has 496 valence electrons. The fraction of sp³-hybridized carbons (Fsp3) is 0.455. The third-order valence-corrected chi connectivity index (χ3v) is 15.1. The minimum atomic E-state index is -5.14. The Morgan fingerprint density at radius 3 is 1.12 bits per heavy atom. The number of amides is 3. The summed E-state index contributed by atoms with van der Waals surface area (Å²) in [4.78, 5) is 50.6. The summed E-state index contributed by atoms with van der Waals surface area (Å²) in [5.41, 5.74) is -1.28. The van der Waals surface area contributed by atoms with Crippen molar-refractivity contribution in [2.24, 2.45) is 5.73 Å². The highest BCUT2D eigenvalue weighted by molar-refractivity contribution is 5.77. The normalized spacial score (nSPS) is 21.7. The Kier molecular flexibility index (Phi) is 18.9. The number of aromatic nitrogens is 3. The van der Waals surface area contributed by atoms with Gasteiger partial charge in [-0.1, -0.05) is 0 Å². The number of aliphatic hydroxyl groups is 3. The van der Waals surface area contributed by atoms with Crippen LogP contribution in [0.4, 0.5) is 40.7 Å². The van der Waals surface area contributed by atoms with Crippen molar-refractivity contribution in [3.05, 3.63) is 142 Å². The van der Waals surface area contributed by atoms with Crippen LogP contribution >= 0.6 is 0 Å². The molecule has 0 aliphatic carbocycles. The van der Waals surface area contributed by atoms with Crippen molar-refractivity contribution in [2.75, 3.05) is 39.6 Å². The van der Waals surface area contributed by atoms with Gasteiger partial charge in [0.25, 0.3) is 0 Å². The van der Waals surface area contributed by atoms with Crippen LogP contribution in [0.1, 0.15) is 131 Å². The second kappa shape index (κ2) is 25.0. The smallest absolute Gasteiger partial charge is 0.424 e. The largest absolute Gasteiger partial charge is 0.488 e. The van der Waals surface area contributed by atoms with Crippen LogP contribution in [-0.2, 0) is 52.4 Å². The molecule has 0 unspecified atom stereocenters. The van der Waals surface area contributed by atoms with E-state index in [4.69, 9.17) is 43.9 Å². The number of carbonyl (C=O) groups excluding carboxylic acids is 3. The molecule has 6 atom stereocenters. The fourth-order valence-corrected chi connectivity index (χ4v) is 9.92. The lowest BCUT2D eigenvalue weighted by Gasteiger charge is -2.31. The first-order valence-electron chi connectivity index (χ1n) is 29.3. The summed E-state index contributed by atoms with van der Waals surface area (Å²) in [7, 11) is 0. The summed E-state index contributed by atoms with van der Waals surface area (Å²) in [5, 5.41) is 39.1. The van der Waals surface area contributed by atoms with Gasteiger partial charge in [0.15, 0.2) is 17.2 Å². The molecule has 1 saturated heterocycles. The van der Waals surface area contributed by atoms with E-state index in [1.807, 2.05) is 40.7 Å². The minimum absolute atomic E-state index is 0.0617. The molecule has 3 aromatic heterocycles. The van der Waals surface area contributed by atoms with E-state index in [1.165, 1.54) is 50.2 Å². The topological polar surface area (TPSA) is 281 Å². The number of aliphatic hydroxyl groups excluding tert-OH is 1. The zero-order chi connectivity index (χ0) is 68.2. The number of benzene rings is 3. The van der Waals surface area contributed by atoms with Gasteiger partial charge in [-0.25, -0.2) is 42.5 Å². The number of alkyl carbamates (subject to hydrolysis) is 3. The standard InChI is InChI=1S/C22H25F4N3O4.C22H27FN2O5.C22H25FN2O4/c1-19(2,3)33-18(30)29-20(4)11-32-17-14(20)9-15(21(31,10-27)22(24,25)26)28-16(17)12-5-7-13(23)8-6-12;1-20(2,3)30-19(27)25-21(4)12-29-18-15(21)10-16(22(5,28)11-26)24-17(18)13-6-8-14(23)9-7-13;1-20(2,3)29-19(26)25-21(4)11-27-18-15(21)10-16(22(5)12-28-22)24-17(18)13-6-8-14(23)9-7-13/h5-9,31H,10-11,27H2,1-4H3,(H,29,30);6-10,26,28H,11-12H2,1-5H3,(H,25,27);6-10H,11-12H2,1-5H3,(H,25,26)/t20-,21-;2*21-,22-/m000/s1. The molecule has 3 amide bonds. The van der Waals surface area contributed by atoms with Gasteiger partial charge >= 0.3 is 24.5 Å². The molecule has 26 heteroatoms. The van der Waals surface area contributed by atoms with Gasteiger partial charge in [-0.2, -0.15) is 13.2 Å². The Hall–Kier alpha value is -8.30. The summed E-state index contributed by atoms with van der Waals surface area (Å²) in [6, 6.07) is 21.2. The predicted octanol–water partition coefficient (Wildman–Crippen LogP) is 11.2. The fourth-order valence-electron chi connectivity index (χ4n) is 9.92. The molecule has 4 aliphatic rings. The number of carbonyl (C=O) groups is 3. The molecule has 0 bridgehead atoms. The summed E-state index contributed by atoms with van der Waals surface area (Å²) in [6.45, 7) is 23.3. The third-order valence-electron chi connectivity index (χ3n) is 15.1. The van der Waals surface area contributed by atoms with Crippen LogP contribution in [0.5, 0.6) is 17.2 Å². The number of nitrogens with one attached hydrogen (secondary N) is 3. The van der Waals surface area contributed by atoms with E-state index in [9.17, 15) is 56.0 Å². The van der Waals surface area contributed by atoms with Crippen molar-refractivity contribution < 1.29 is 89.2 Å². The number of halogens is 6. The summed E-state index contributed by atoms with van der Waals surface area (Å²) >= 11 is 0. The molecule has 92 heavy (non-hydrogen) atoms. The number of nitrogens with two attached hydrogens (primary N) is 1. The number of rotatable bonds is 11. The van der Waals surface area contributed by atoms with Crippen molar-refractivity contribution in [1.82, 2.24) is 30.9 Å². The average Bonchev–Trinajstić information content (AvgIpc) is 1.53. The van der Waals surface area contributed by atoms with Crippen LogP contribution in [0, 0.1) is 17.5 Å². The van der Waals surface area contributed by atoms with E-state index in [1.54, 1.807) is 78.8 Å². The van der Waals surface area contributed by atoms with Gasteiger partial charge in [0.2, 0.25) is 5.60 Å². The van der Waals surface area contributed by atoms with E-state index in [2.05, 4.69) is 25.9 Å². The maximum absolute atomic E-state index is 13.8. The maximum Gasteiger partial charge on any atom is 0.424 e. The predicted molar refractivity (Wildman–Crippen MR) is 325 cm³/mol. The number of ether oxygens (including phenoxy) is 7. The lowest BCUT2D eigenvalue weighted by atomic mass is 9.89. The molecule has 4 aliphatic heterocycles. The van der Waals surface area contributed by atoms with Crippen LogP contribution in [0.25, 0.3) is 33.8 Å². The molecule has 10 rings (SSSR count). The molecule has 3 aromatic carbocycles. The maximum atomic E-state index is 13.8. The van der Waals surface area contributed by atoms with Crippen molar-refractivity contribution in [3.63, 3.8) is 0 Å². The van der Waals surface area contributed by atoms with Crippen LogP contribution in [0.15, 0.2) is 91.0 Å². The Morgan fingerprint density at radius 2 is 0.826 bits per heavy atom. The Labute approximate surface area is 528 Å². The molecule has 0 radical (unpaired) electrons. The number of hydrogen-bond acceptors (Lipinski definition) is 17. The monoisotopic (exact) mass is 1290 g/mol. The number of epoxide rings is 1. The highest BCUT2D eigenvalue weighted by atomic mass is 19.4. The molecule has 0 saturated carbocycles. The Balaban J connectivity index is 0.000000178. The van der Waals surface area contributed by atoms with E-state index < -0.39 is 105 Å². The second-order valence-corrected chi connectivity index (χ2v) is 27.0. The molecule has 8 N–H and O–H groups in total. The zero-order valence-corrected chi connectivity index (χ0v) is 53.5. The molecule has 6 aromatic rings. The van der Waals surface area contributed by atoms with Crippen molar-refractivity contribution >= 4 is 18.3 Å². The molecular weight excluding hydrogens is 1210 g/mol. The minimum Gasteiger partial charge on any atom is -0.488 e. The molecule has 20 nitrogen and oxygen atoms in total. The second-order valence-electron chi connectivity index (χ2n) is 27.0. The van der Waals surface area contributed by atoms with Gasteiger partial charge in [-0.15, -0.1) is 0 Å². The van der Waals surface area contributed by atoms with Crippen molar-refractivity contribution in [2.45, 2.75) is 153 Å². The number of alkyl halides is 3. The first-order valence-corrected chi connectivity index (χ1v) is 29.3. The highest BCUT2D eigenvalue weighted by Crippen LogP contribution is 2.50. The number of nitrogens with zero attached hydrogens (tertiary/aromatic N) is 3. The Bertz CT molecular complexity index is 3740. The summed E-state index contributed by atoms with van der Waals surface area (Å²) < 4.78 is 121. The van der Waals surface area contributed by atoms with Gasteiger partial charge < -0.3 is 70.2 Å².